The molecular formula is C16H24N6O2. The van der Waals surface area contributed by atoms with Crippen LogP contribution in [0.5, 0.6) is 0 Å². The number of hydrogen-bond donors (Lipinski definition) is 3. The molecule has 8 nitrogen and oxygen atoms in total. The lowest BCUT2D eigenvalue weighted by molar-refractivity contribution is -0.121. The third-order valence-corrected chi connectivity index (χ3v) is 4.00. The van der Waals surface area contributed by atoms with Gasteiger partial charge in [0.25, 0.3) is 0 Å². The molecule has 0 saturated heterocycles. The van der Waals surface area contributed by atoms with E-state index in [0.29, 0.717) is 18.8 Å². The predicted octanol–water partition coefficient (Wildman–Crippen LogP) is 1.33. The molecule has 0 aliphatic rings. The summed E-state index contributed by atoms with van der Waals surface area (Å²) >= 11 is 0. The first-order chi connectivity index (χ1) is 11.7. The Morgan fingerprint density at radius 2 is 2.25 bits per heavy atom. The van der Waals surface area contributed by atoms with Crippen molar-refractivity contribution in [1.29, 1.82) is 0 Å². The van der Waals surface area contributed by atoms with Gasteiger partial charge < -0.3 is 10.4 Å². The molecule has 0 aromatic carbocycles. The summed E-state index contributed by atoms with van der Waals surface area (Å²) in [5.74, 6) is 0.382. The van der Waals surface area contributed by atoms with Crippen LogP contribution in [-0.4, -0.2) is 49.6 Å². The van der Waals surface area contributed by atoms with E-state index in [1.807, 2.05) is 12.1 Å². The van der Waals surface area contributed by atoms with Gasteiger partial charge in [-0.25, -0.2) is 0 Å². The maximum atomic E-state index is 12.1. The average Bonchev–Trinajstić information content (AvgIpc) is 3.11. The summed E-state index contributed by atoms with van der Waals surface area (Å²) in [5.41, 5.74) is 1.71. The molecule has 130 valence electrons. The number of nitrogens with one attached hydrogen (secondary N) is 2. The van der Waals surface area contributed by atoms with Crippen LogP contribution in [0.4, 0.5) is 5.69 Å². The molecule has 0 saturated carbocycles. The van der Waals surface area contributed by atoms with Crippen molar-refractivity contribution >= 4 is 11.5 Å². The number of aliphatic hydroxyl groups excluding tert-OH is 1. The fourth-order valence-corrected chi connectivity index (χ4v) is 2.81. The predicted molar refractivity (Wildman–Crippen MR) is 89.5 cm³/mol. The largest absolute Gasteiger partial charge is 0.395 e. The van der Waals surface area contributed by atoms with Crippen molar-refractivity contribution in [2.24, 2.45) is 5.92 Å². The van der Waals surface area contributed by atoms with Crippen LogP contribution in [0.2, 0.25) is 0 Å². The Kier molecular flexibility index (Phi) is 6.80. The Labute approximate surface area is 141 Å². The maximum absolute atomic E-state index is 12.1. The second-order valence-corrected chi connectivity index (χ2v) is 5.78. The van der Waals surface area contributed by atoms with Crippen LogP contribution < -0.4 is 5.32 Å². The van der Waals surface area contributed by atoms with Crippen molar-refractivity contribution in [3.05, 3.63) is 29.8 Å². The van der Waals surface area contributed by atoms with Crippen LogP contribution in [0, 0.1) is 5.92 Å². The molecule has 0 fully saturated rings. The lowest BCUT2D eigenvalue weighted by Crippen LogP contribution is -2.23. The number of rotatable bonds is 10. The van der Waals surface area contributed by atoms with Gasteiger partial charge in [-0.15, -0.1) is 10.2 Å². The summed E-state index contributed by atoms with van der Waals surface area (Å²) in [5, 5.41) is 26.2. The lowest BCUT2D eigenvalue weighted by atomic mass is 9.82. The second-order valence-electron chi connectivity index (χ2n) is 5.78. The number of aliphatic hydroxyl groups is 1. The topological polar surface area (TPSA) is 117 Å². The highest BCUT2D eigenvalue weighted by Crippen LogP contribution is 2.29. The molecule has 2 atom stereocenters. The SMILES string of the molecule is CCC[C@H](C(C)=O)[C@H](Cc1ccc(NCCO)cn1)c1nn[nH]n1. The number of carbonyl (C=O) groups is 1. The third kappa shape index (κ3) is 4.82. The van der Waals surface area contributed by atoms with Gasteiger partial charge in [-0.2, -0.15) is 5.21 Å². The average molecular weight is 332 g/mol. The van der Waals surface area contributed by atoms with Crippen molar-refractivity contribution in [3.8, 4) is 0 Å². The fourth-order valence-electron chi connectivity index (χ4n) is 2.81. The highest BCUT2D eigenvalue weighted by atomic mass is 16.3. The quantitative estimate of drug-likeness (QED) is 0.601. The Hall–Kier alpha value is -2.35. The minimum absolute atomic E-state index is 0.0684. The van der Waals surface area contributed by atoms with Crippen LogP contribution in [-0.2, 0) is 11.2 Å². The van der Waals surface area contributed by atoms with E-state index in [9.17, 15) is 4.79 Å². The van der Waals surface area contributed by atoms with E-state index < -0.39 is 0 Å². The van der Waals surface area contributed by atoms with E-state index in [1.54, 1.807) is 13.1 Å². The smallest absolute Gasteiger partial charge is 0.178 e. The van der Waals surface area contributed by atoms with Crippen LogP contribution in [0.15, 0.2) is 18.3 Å². The number of pyridine rings is 1. The summed E-state index contributed by atoms with van der Waals surface area (Å²) < 4.78 is 0. The lowest BCUT2D eigenvalue weighted by Gasteiger charge is -2.22. The standard InChI is InChI=1S/C16H24N6O2/c1-3-4-14(11(2)24)15(16-19-21-22-20-16)9-12-5-6-13(10-18-12)17-7-8-23/h5-6,10,14-15,17,23H,3-4,7-9H2,1-2H3,(H,19,20,21,22)/t14-,15+/m1/s1. The number of H-pyrrole nitrogens is 1. The first-order valence-corrected chi connectivity index (χ1v) is 8.19. The Morgan fingerprint density at radius 1 is 1.42 bits per heavy atom. The number of Topliss-reactive ketones (excluding diaryl/α,β-unsaturated/α-hetero) is 1. The molecule has 0 bridgehead atoms. The van der Waals surface area contributed by atoms with Crippen LogP contribution in [0.25, 0.3) is 0 Å². The second kappa shape index (κ2) is 9.07. The Balaban J connectivity index is 2.17. The van der Waals surface area contributed by atoms with Gasteiger partial charge in [0.05, 0.1) is 18.5 Å². The number of tetrazole rings is 1. The molecule has 0 spiro atoms. The van der Waals surface area contributed by atoms with E-state index in [2.05, 4.69) is 37.8 Å². The van der Waals surface area contributed by atoms with Gasteiger partial charge in [0.2, 0.25) is 0 Å². The van der Waals surface area contributed by atoms with Gasteiger partial charge >= 0.3 is 0 Å². The molecule has 0 aliphatic heterocycles. The van der Waals surface area contributed by atoms with Gasteiger partial charge in [-0.1, -0.05) is 18.6 Å². The minimum atomic E-state index is -0.151. The number of aromatic nitrogens is 5. The molecule has 3 N–H and O–H groups in total. The zero-order valence-electron chi connectivity index (χ0n) is 14.1. The number of carbonyl (C=O) groups excluding carboxylic acids is 1. The summed E-state index contributed by atoms with van der Waals surface area (Å²) in [7, 11) is 0. The maximum Gasteiger partial charge on any atom is 0.178 e. The molecule has 0 unspecified atom stereocenters. The summed E-state index contributed by atoms with van der Waals surface area (Å²) in [4.78, 5) is 16.5. The van der Waals surface area contributed by atoms with E-state index in [-0.39, 0.29) is 24.2 Å². The van der Waals surface area contributed by atoms with Crippen LogP contribution in [0.3, 0.4) is 0 Å². The molecule has 24 heavy (non-hydrogen) atoms. The molecule has 0 amide bonds. The van der Waals surface area contributed by atoms with E-state index >= 15 is 0 Å². The fraction of sp³-hybridized carbons (Fsp3) is 0.562. The number of hydrogen-bond acceptors (Lipinski definition) is 7. The van der Waals surface area contributed by atoms with Gasteiger partial charge in [-0.05, 0) is 25.5 Å². The zero-order valence-corrected chi connectivity index (χ0v) is 14.1. The van der Waals surface area contributed by atoms with Crippen LogP contribution in [0.1, 0.15) is 44.1 Å². The van der Waals surface area contributed by atoms with Crippen molar-refractivity contribution in [2.45, 2.75) is 39.0 Å². The summed E-state index contributed by atoms with van der Waals surface area (Å²) in [6.45, 7) is 4.22. The molecular weight excluding hydrogens is 308 g/mol. The Morgan fingerprint density at radius 3 is 2.79 bits per heavy atom. The van der Waals surface area contributed by atoms with Gasteiger partial charge in [-0.3, -0.25) is 9.78 Å². The Bertz CT molecular complexity index is 614. The monoisotopic (exact) mass is 332 g/mol. The van der Waals surface area contributed by atoms with Crippen molar-refractivity contribution in [3.63, 3.8) is 0 Å². The zero-order chi connectivity index (χ0) is 17.4. The number of ketones is 1. The molecule has 0 aliphatic carbocycles. The normalized spacial score (nSPS) is 13.5. The molecule has 2 rings (SSSR count). The summed E-state index contributed by atoms with van der Waals surface area (Å²) in [6.07, 6.45) is 3.99. The number of nitrogens with zero attached hydrogens (tertiary/aromatic N) is 4. The van der Waals surface area contributed by atoms with Crippen molar-refractivity contribution in [1.82, 2.24) is 25.6 Å². The molecule has 2 aromatic rings. The highest BCUT2D eigenvalue weighted by molar-refractivity contribution is 5.79. The minimum Gasteiger partial charge on any atom is -0.395 e. The molecule has 0 radical (unpaired) electrons. The number of anilines is 1. The highest BCUT2D eigenvalue weighted by Gasteiger charge is 2.30. The van der Waals surface area contributed by atoms with Crippen molar-refractivity contribution < 1.29 is 9.90 Å². The third-order valence-electron chi connectivity index (χ3n) is 4.00. The summed E-state index contributed by atoms with van der Waals surface area (Å²) in [6, 6.07) is 3.82. The van der Waals surface area contributed by atoms with Crippen molar-refractivity contribution in [2.75, 3.05) is 18.5 Å². The molecule has 8 heteroatoms. The van der Waals surface area contributed by atoms with E-state index in [1.165, 1.54) is 0 Å². The van der Waals surface area contributed by atoms with Crippen LogP contribution >= 0.6 is 0 Å². The molecule has 2 aromatic heterocycles. The first kappa shape index (κ1) is 18.0. The number of aromatic amines is 1. The van der Waals surface area contributed by atoms with E-state index in [0.717, 1.165) is 24.2 Å². The first-order valence-electron chi connectivity index (χ1n) is 8.19. The van der Waals surface area contributed by atoms with Gasteiger partial charge in [0, 0.05) is 30.5 Å². The van der Waals surface area contributed by atoms with Gasteiger partial charge in [0.15, 0.2) is 5.82 Å². The van der Waals surface area contributed by atoms with E-state index in [4.69, 9.17) is 5.11 Å². The van der Waals surface area contributed by atoms with Gasteiger partial charge in [0.1, 0.15) is 5.78 Å². The molecule has 2 heterocycles.